The maximum absolute atomic E-state index is 12.6. The van der Waals surface area contributed by atoms with Gasteiger partial charge in [-0.1, -0.05) is 19.3 Å². The standard InChI is InChI=1S/C16H21N5O2/c22-15(19-14-5-9-17-13-6-10-18-21(13)14)20-16-7-3-1-2-4-12(16)23-11-8-16/h5-6,9-10,12H,1-4,7-8,11H2,(H2,19,20,22). The van der Waals surface area contributed by atoms with Gasteiger partial charge in [0, 0.05) is 18.9 Å². The van der Waals surface area contributed by atoms with Crippen molar-refractivity contribution in [2.75, 3.05) is 11.9 Å². The van der Waals surface area contributed by atoms with Gasteiger partial charge in [0.1, 0.15) is 5.82 Å². The maximum atomic E-state index is 12.6. The summed E-state index contributed by atoms with van der Waals surface area (Å²) in [5, 5.41) is 10.3. The van der Waals surface area contributed by atoms with Gasteiger partial charge in [-0.25, -0.2) is 9.78 Å². The zero-order valence-electron chi connectivity index (χ0n) is 13.0. The Bertz CT molecular complexity index is 715. The van der Waals surface area contributed by atoms with E-state index in [2.05, 4.69) is 20.7 Å². The first kappa shape index (κ1) is 14.4. The van der Waals surface area contributed by atoms with Gasteiger partial charge in [0.25, 0.3) is 0 Å². The zero-order valence-corrected chi connectivity index (χ0v) is 13.0. The third-order valence-corrected chi connectivity index (χ3v) is 4.97. The molecule has 2 aromatic rings. The van der Waals surface area contributed by atoms with Gasteiger partial charge in [-0.2, -0.15) is 9.61 Å². The number of nitrogens with zero attached hydrogens (tertiary/aromatic N) is 3. The van der Waals surface area contributed by atoms with Crippen LogP contribution in [0.3, 0.4) is 0 Å². The molecule has 3 heterocycles. The van der Waals surface area contributed by atoms with E-state index >= 15 is 0 Å². The third kappa shape index (κ3) is 2.65. The van der Waals surface area contributed by atoms with Gasteiger partial charge < -0.3 is 10.1 Å². The number of hydrogen-bond donors (Lipinski definition) is 2. The van der Waals surface area contributed by atoms with E-state index in [0.717, 1.165) is 32.3 Å². The molecule has 7 heteroatoms. The number of carbonyl (C=O) groups excluding carboxylic acids is 1. The summed E-state index contributed by atoms with van der Waals surface area (Å²) >= 11 is 0. The van der Waals surface area contributed by atoms with Crippen LogP contribution in [0.1, 0.15) is 38.5 Å². The molecule has 2 aliphatic rings. The average molecular weight is 315 g/mol. The molecule has 4 rings (SSSR count). The normalized spacial score (nSPS) is 27.4. The van der Waals surface area contributed by atoms with Crippen LogP contribution in [0.5, 0.6) is 0 Å². The van der Waals surface area contributed by atoms with Crippen LogP contribution < -0.4 is 10.6 Å². The highest BCUT2D eigenvalue weighted by molar-refractivity contribution is 5.89. The second kappa shape index (κ2) is 5.81. The third-order valence-electron chi connectivity index (χ3n) is 4.97. The van der Waals surface area contributed by atoms with Crippen molar-refractivity contribution in [3.05, 3.63) is 24.5 Å². The molecule has 1 aliphatic carbocycles. The Morgan fingerprint density at radius 2 is 2.22 bits per heavy atom. The van der Waals surface area contributed by atoms with Gasteiger partial charge in [0.05, 0.1) is 17.8 Å². The fraction of sp³-hybridized carbons (Fsp3) is 0.562. The molecule has 2 unspecified atom stereocenters. The molecule has 2 amide bonds. The first-order valence-corrected chi connectivity index (χ1v) is 8.26. The second-order valence-corrected chi connectivity index (χ2v) is 6.38. The van der Waals surface area contributed by atoms with Crippen molar-refractivity contribution < 1.29 is 9.53 Å². The van der Waals surface area contributed by atoms with Crippen LogP contribution in [-0.2, 0) is 4.74 Å². The molecule has 0 spiro atoms. The fourth-order valence-corrected chi connectivity index (χ4v) is 3.80. The lowest BCUT2D eigenvalue weighted by molar-refractivity contribution is 0.0664. The quantitative estimate of drug-likeness (QED) is 0.891. The van der Waals surface area contributed by atoms with Crippen molar-refractivity contribution in [2.24, 2.45) is 0 Å². The molecule has 1 aliphatic heterocycles. The summed E-state index contributed by atoms with van der Waals surface area (Å²) in [6.45, 7) is 0.726. The van der Waals surface area contributed by atoms with Gasteiger partial charge in [0.15, 0.2) is 5.65 Å². The lowest BCUT2D eigenvalue weighted by atomic mass is 9.86. The number of amides is 2. The van der Waals surface area contributed by atoms with Crippen molar-refractivity contribution in [1.29, 1.82) is 0 Å². The van der Waals surface area contributed by atoms with Crippen molar-refractivity contribution in [3.63, 3.8) is 0 Å². The Morgan fingerprint density at radius 3 is 3.17 bits per heavy atom. The summed E-state index contributed by atoms with van der Waals surface area (Å²) in [6.07, 6.45) is 9.89. The number of carbonyl (C=O) groups is 1. The van der Waals surface area contributed by atoms with Gasteiger partial charge in [-0.3, -0.25) is 5.32 Å². The van der Waals surface area contributed by atoms with Crippen LogP contribution in [-0.4, -0.2) is 38.9 Å². The summed E-state index contributed by atoms with van der Waals surface area (Å²) in [5.74, 6) is 0.609. The molecule has 1 saturated heterocycles. The highest BCUT2D eigenvalue weighted by atomic mass is 16.5. The van der Waals surface area contributed by atoms with Crippen LogP contribution in [0.4, 0.5) is 10.6 Å². The number of hydrogen-bond acceptors (Lipinski definition) is 4. The molecule has 122 valence electrons. The van der Waals surface area contributed by atoms with Crippen LogP contribution in [0.25, 0.3) is 5.65 Å². The van der Waals surface area contributed by atoms with E-state index in [0.29, 0.717) is 11.5 Å². The molecule has 1 saturated carbocycles. The van der Waals surface area contributed by atoms with Crippen LogP contribution in [0.15, 0.2) is 24.5 Å². The second-order valence-electron chi connectivity index (χ2n) is 6.38. The summed E-state index contributed by atoms with van der Waals surface area (Å²) in [7, 11) is 0. The number of fused-ring (bicyclic) bond motifs is 2. The van der Waals surface area contributed by atoms with Crippen molar-refractivity contribution in [3.8, 4) is 0 Å². The van der Waals surface area contributed by atoms with E-state index < -0.39 is 0 Å². The topological polar surface area (TPSA) is 80.6 Å². The number of ether oxygens (including phenoxy) is 1. The predicted octanol–water partition coefficient (Wildman–Crippen LogP) is 2.34. The molecule has 0 bridgehead atoms. The van der Waals surface area contributed by atoms with Gasteiger partial charge in [-0.15, -0.1) is 0 Å². The molecule has 23 heavy (non-hydrogen) atoms. The Balaban J connectivity index is 1.52. The summed E-state index contributed by atoms with van der Waals surface area (Å²) in [5.41, 5.74) is 0.481. The minimum atomic E-state index is -0.225. The van der Waals surface area contributed by atoms with E-state index in [1.165, 1.54) is 12.8 Å². The molecule has 2 N–H and O–H groups in total. The van der Waals surface area contributed by atoms with E-state index in [4.69, 9.17) is 4.74 Å². The molecular weight excluding hydrogens is 294 g/mol. The molecule has 2 fully saturated rings. The number of aromatic nitrogens is 3. The van der Waals surface area contributed by atoms with E-state index in [9.17, 15) is 4.79 Å². The Morgan fingerprint density at radius 1 is 1.26 bits per heavy atom. The molecule has 2 aromatic heterocycles. The lowest BCUT2D eigenvalue weighted by Crippen LogP contribution is -2.54. The Labute approximate surface area is 134 Å². The largest absolute Gasteiger partial charge is 0.376 e. The average Bonchev–Trinajstić information content (AvgIpc) is 3.12. The van der Waals surface area contributed by atoms with Crippen molar-refractivity contribution in [1.82, 2.24) is 19.9 Å². The smallest absolute Gasteiger partial charge is 0.320 e. The van der Waals surface area contributed by atoms with E-state index in [1.54, 1.807) is 29.0 Å². The highest BCUT2D eigenvalue weighted by Gasteiger charge is 2.45. The first-order chi connectivity index (χ1) is 11.3. The SMILES string of the molecule is O=C(Nc1ccnc2ccnn12)NC12CCCCCC1OCC2. The molecule has 0 radical (unpaired) electrons. The van der Waals surface area contributed by atoms with Crippen LogP contribution in [0, 0.1) is 0 Å². The maximum Gasteiger partial charge on any atom is 0.320 e. The lowest BCUT2D eigenvalue weighted by Gasteiger charge is -2.33. The van der Waals surface area contributed by atoms with E-state index in [-0.39, 0.29) is 17.7 Å². The summed E-state index contributed by atoms with van der Waals surface area (Å²) in [6, 6.07) is 3.34. The van der Waals surface area contributed by atoms with Crippen molar-refractivity contribution in [2.45, 2.75) is 50.2 Å². The molecule has 7 nitrogen and oxygen atoms in total. The Kier molecular flexibility index (Phi) is 3.65. The fourth-order valence-electron chi connectivity index (χ4n) is 3.80. The predicted molar refractivity (Wildman–Crippen MR) is 85.3 cm³/mol. The summed E-state index contributed by atoms with van der Waals surface area (Å²) < 4.78 is 7.50. The monoisotopic (exact) mass is 315 g/mol. The highest BCUT2D eigenvalue weighted by Crippen LogP contribution is 2.37. The van der Waals surface area contributed by atoms with Gasteiger partial charge >= 0.3 is 6.03 Å². The minimum Gasteiger partial charge on any atom is -0.376 e. The van der Waals surface area contributed by atoms with Gasteiger partial charge in [0.2, 0.25) is 0 Å². The number of rotatable bonds is 2. The first-order valence-electron chi connectivity index (χ1n) is 8.26. The van der Waals surface area contributed by atoms with Crippen LogP contribution >= 0.6 is 0 Å². The van der Waals surface area contributed by atoms with Gasteiger partial charge in [-0.05, 0) is 25.3 Å². The zero-order chi connectivity index (χ0) is 15.7. The molecular formula is C16H21N5O2. The van der Waals surface area contributed by atoms with E-state index in [1.807, 2.05) is 0 Å². The Hall–Kier alpha value is -2.15. The number of nitrogens with one attached hydrogen (secondary N) is 2. The molecule has 0 aromatic carbocycles. The number of urea groups is 1. The number of anilines is 1. The minimum absolute atomic E-state index is 0.137. The summed E-state index contributed by atoms with van der Waals surface area (Å²) in [4.78, 5) is 16.8. The molecule has 2 atom stereocenters. The van der Waals surface area contributed by atoms with Crippen molar-refractivity contribution >= 4 is 17.5 Å². The van der Waals surface area contributed by atoms with Crippen LogP contribution in [0.2, 0.25) is 0 Å².